The fourth-order valence-corrected chi connectivity index (χ4v) is 4.22. The van der Waals surface area contributed by atoms with Crippen LogP contribution in [-0.2, 0) is 9.53 Å². The summed E-state index contributed by atoms with van der Waals surface area (Å²) in [6, 6.07) is 3.71. The molecule has 2 amide bonds. The van der Waals surface area contributed by atoms with Crippen LogP contribution in [0.2, 0.25) is 0 Å². The summed E-state index contributed by atoms with van der Waals surface area (Å²) in [5, 5.41) is 7.40. The first kappa shape index (κ1) is 17.1. The average molecular weight is 365 g/mol. The number of morpholine rings is 1. The van der Waals surface area contributed by atoms with Gasteiger partial charge in [-0.15, -0.1) is 22.7 Å². The first-order valence-electron chi connectivity index (χ1n) is 7.84. The molecular formula is C16H19N3O3S2. The number of ether oxygens (including phenoxy) is 1. The second-order valence-electron chi connectivity index (χ2n) is 5.40. The Kier molecular flexibility index (Phi) is 5.60. The molecule has 0 saturated carbocycles. The highest BCUT2D eigenvalue weighted by molar-refractivity contribution is 7.20. The van der Waals surface area contributed by atoms with E-state index in [1.807, 2.05) is 24.4 Å². The van der Waals surface area contributed by atoms with Crippen molar-refractivity contribution in [2.45, 2.75) is 19.4 Å². The van der Waals surface area contributed by atoms with Crippen molar-refractivity contribution in [1.82, 2.24) is 15.2 Å². The Balaban J connectivity index is 1.73. The maximum Gasteiger partial charge on any atom is 0.273 e. The van der Waals surface area contributed by atoms with Gasteiger partial charge in [0.05, 0.1) is 24.1 Å². The highest BCUT2D eigenvalue weighted by atomic mass is 32.1. The number of aromatic nitrogens is 1. The molecule has 0 aliphatic carbocycles. The van der Waals surface area contributed by atoms with E-state index in [9.17, 15) is 9.59 Å². The summed E-state index contributed by atoms with van der Waals surface area (Å²) >= 11 is 3.07. The van der Waals surface area contributed by atoms with Gasteiger partial charge in [-0.1, -0.05) is 6.07 Å². The van der Waals surface area contributed by atoms with Crippen molar-refractivity contribution in [3.8, 4) is 9.88 Å². The molecule has 2 aromatic rings. The second-order valence-corrected chi connectivity index (χ2v) is 7.21. The third kappa shape index (κ3) is 3.82. The van der Waals surface area contributed by atoms with E-state index in [2.05, 4.69) is 10.3 Å². The summed E-state index contributed by atoms with van der Waals surface area (Å²) in [6.45, 7) is 3.80. The summed E-state index contributed by atoms with van der Waals surface area (Å²) in [5.41, 5.74) is 0.436. The van der Waals surface area contributed by atoms with Gasteiger partial charge in [-0.25, -0.2) is 4.98 Å². The molecule has 128 valence electrons. The van der Waals surface area contributed by atoms with Crippen LogP contribution in [-0.4, -0.2) is 54.0 Å². The van der Waals surface area contributed by atoms with Gasteiger partial charge in [0, 0.05) is 24.9 Å². The molecule has 1 aliphatic rings. The molecule has 0 bridgehead atoms. The number of amides is 2. The molecule has 8 heteroatoms. The lowest BCUT2D eigenvalue weighted by Crippen LogP contribution is -2.50. The molecule has 6 nitrogen and oxygen atoms in total. The van der Waals surface area contributed by atoms with Crippen molar-refractivity contribution in [2.24, 2.45) is 0 Å². The van der Waals surface area contributed by atoms with Crippen molar-refractivity contribution in [3.63, 3.8) is 0 Å². The summed E-state index contributed by atoms with van der Waals surface area (Å²) in [6.07, 6.45) is 0.251. The number of hydrogen-bond acceptors (Lipinski definition) is 6. The first-order valence-corrected chi connectivity index (χ1v) is 9.59. The highest BCUT2D eigenvalue weighted by Crippen LogP contribution is 2.28. The Morgan fingerprint density at radius 2 is 2.33 bits per heavy atom. The summed E-state index contributed by atoms with van der Waals surface area (Å²) in [4.78, 5) is 31.9. The minimum atomic E-state index is -0.246. The lowest BCUT2D eigenvalue weighted by atomic mass is 10.1. The normalized spacial score (nSPS) is 17.7. The van der Waals surface area contributed by atoms with E-state index in [1.54, 1.807) is 21.6 Å². The molecule has 3 rings (SSSR count). The van der Waals surface area contributed by atoms with Crippen molar-refractivity contribution < 1.29 is 14.3 Å². The number of carbonyl (C=O) groups excluding carboxylic acids is 2. The Morgan fingerprint density at radius 3 is 3.08 bits per heavy atom. The molecule has 0 unspecified atom stereocenters. The first-order chi connectivity index (χ1) is 11.7. The van der Waals surface area contributed by atoms with Gasteiger partial charge in [0.15, 0.2) is 0 Å². The molecule has 2 aromatic heterocycles. The van der Waals surface area contributed by atoms with E-state index >= 15 is 0 Å². The van der Waals surface area contributed by atoms with Crippen LogP contribution in [0.25, 0.3) is 9.88 Å². The quantitative estimate of drug-likeness (QED) is 0.882. The van der Waals surface area contributed by atoms with Gasteiger partial charge in [0.25, 0.3) is 5.91 Å². The zero-order valence-electron chi connectivity index (χ0n) is 13.4. The molecule has 3 heterocycles. The Bertz CT molecular complexity index is 699. The molecular weight excluding hydrogens is 346 g/mol. The van der Waals surface area contributed by atoms with Gasteiger partial charge in [-0.2, -0.15) is 0 Å². The van der Waals surface area contributed by atoms with Crippen LogP contribution in [0.1, 0.15) is 23.8 Å². The predicted octanol–water partition coefficient (Wildman–Crippen LogP) is 2.24. The van der Waals surface area contributed by atoms with Crippen LogP contribution in [0.4, 0.5) is 0 Å². The molecule has 1 N–H and O–H groups in total. The Labute approximate surface area is 148 Å². The number of nitrogens with one attached hydrogen (secondary N) is 1. The number of rotatable bonds is 5. The summed E-state index contributed by atoms with van der Waals surface area (Å²) in [5.74, 6) is -0.199. The van der Waals surface area contributed by atoms with Gasteiger partial charge in [0.1, 0.15) is 10.7 Å². The monoisotopic (exact) mass is 365 g/mol. The third-order valence-electron chi connectivity index (χ3n) is 3.74. The SMILES string of the molecule is CCNC(=O)C[C@@H]1COCCN1C(=O)c1csc(-c2cccs2)n1. The van der Waals surface area contributed by atoms with Crippen LogP contribution in [0.15, 0.2) is 22.9 Å². The number of hydrogen-bond donors (Lipinski definition) is 1. The average Bonchev–Trinajstić information content (AvgIpc) is 3.26. The zero-order valence-corrected chi connectivity index (χ0v) is 15.0. The van der Waals surface area contributed by atoms with Crippen LogP contribution < -0.4 is 5.32 Å². The maximum atomic E-state index is 12.8. The zero-order chi connectivity index (χ0) is 16.9. The minimum Gasteiger partial charge on any atom is -0.377 e. The van der Waals surface area contributed by atoms with Crippen molar-refractivity contribution in [3.05, 3.63) is 28.6 Å². The van der Waals surface area contributed by atoms with Crippen molar-refractivity contribution in [1.29, 1.82) is 0 Å². The van der Waals surface area contributed by atoms with E-state index in [0.29, 0.717) is 32.0 Å². The van der Waals surface area contributed by atoms with E-state index < -0.39 is 0 Å². The van der Waals surface area contributed by atoms with E-state index in [-0.39, 0.29) is 24.3 Å². The molecule has 1 atom stereocenters. The smallest absolute Gasteiger partial charge is 0.273 e. The molecule has 24 heavy (non-hydrogen) atoms. The van der Waals surface area contributed by atoms with E-state index in [4.69, 9.17) is 4.74 Å². The fraction of sp³-hybridized carbons (Fsp3) is 0.438. The lowest BCUT2D eigenvalue weighted by Gasteiger charge is -2.34. The standard InChI is InChI=1S/C16H19N3O3S2/c1-2-17-14(20)8-11-9-22-6-5-19(11)16(21)12-10-24-15(18-12)13-4-3-7-23-13/h3-4,7,10-11H,2,5-6,8-9H2,1H3,(H,17,20)/t11-/m1/s1. The topological polar surface area (TPSA) is 71.5 Å². The minimum absolute atomic E-state index is 0.0663. The largest absolute Gasteiger partial charge is 0.377 e. The summed E-state index contributed by atoms with van der Waals surface area (Å²) < 4.78 is 5.45. The van der Waals surface area contributed by atoms with Crippen LogP contribution in [0, 0.1) is 0 Å². The van der Waals surface area contributed by atoms with Crippen LogP contribution in [0.5, 0.6) is 0 Å². The number of carbonyl (C=O) groups is 2. The van der Waals surface area contributed by atoms with E-state index in [1.165, 1.54) is 11.3 Å². The van der Waals surface area contributed by atoms with E-state index in [0.717, 1.165) is 9.88 Å². The lowest BCUT2D eigenvalue weighted by molar-refractivity contribution is -0.123. The summed E-state index contributed by atoms with van der Waals surface area (Å²) in [7, 11) is 0. The third-order valence-corrected chi connectivity index (χ3v) is 5.62. The predicted molar refractivity (Wildman–Crippen MR) is 94.4 cm³/mol. The Morgan fingerprint density at radius 1 is 1.46 bits per heavy atom. The Hall–Kier alpha value is -1.77. The molecule has 0 spiro atoms. The number of thiazole rings is 1. The van der Waals surface area contributed by atoms with Crippen LogP contribution in [0.3, 0.4) is 0 Å². The second kappa shape index (κ2) is 7.87. The molecule has 1 saturated heterocycles. The molecule has 1 fully saturated rings. The number of nitrogens with zero attached hydrogens (tertiary/aromatic N) is 2. The van der Waals surface area contributed by atoms with Gasteiger partial charge in [-0.05, 0) is 18.4 Å². The van der Waals surface area contributed by atoms with Gasteiger partial charge in [-0.3, -0.25) is 9.59 Å². The maximum absolute atomic E-state index is 12.8. The van der Waals surface area contributed by atoms with Gasteiger partial charge < -0.3 is 15.0 Å². The number of thiophene rings is 1. The van der Waals surface area contributed by atoms with Gasteiger partial charge >= 0.3 is 0 Å². The van der Waals surface area contributed by atoms with Crippen LogP contribution >= 0.6 is 22.7 Å². The molecule has 1 aliphatic heterocycles. The van der Waals surface area contributed by atoms with Gasteiger partial charge in [0.2, 0.25) is 5.91 Å². The highest BCUT2D eigenvalue weighted by Gasteiger charge is 2.31. The molecule has 0 aromatic carbocycles. The fourth-order valence-electron chi connectivity index (χ4n) is 2.61. The van der Waals surface area contributed by atoms with Crippen molar-refractivity contribution in [2.75, 3.05) is 26.3 Å². The van der Waals surface area contributed by atoms with Crippen molar-refractivity contribution >= 4 is 34.5 Å². The molecule has 0 radical (unpaired) electrons.